The molecule has 6 rings (SSSR count). The largest absolute Gasteiger partial charge is 0.493 e. The Morgan fingerprint density at radius 3 is 2.31 bits per heavy atom. The van der Waals surface area contributed by atoms with Crippen molar-refractivity contribution in [2.24, 2.45) is 4.99 Å². The summed E-state index contributed by atoms with van der Waals surface area (Å²) in [7, 11) is 4.55. The number of fused-ring (bicyclic) bond motifs is 1. The van der Waals surface area contributed by atoms with E-state index in [4.69, 9.17) is 35.5 Å². The van der Waals surface area contributed by atoms with E-state index in [2.05, 4.69) is 5.32 Å². The Morgan fingerprint density at radius 2 is 1.62 bits per heavy atom. The lowest BCUT2D eigenvalue weighted by atomic mass is 9.94. The summed E-state index contributed by atoms with van der Waals surface area (Å²) in [5, 5.41) is 3.59. The maximum Gasteiger partial charge on any atom is 0.271 e. The molecular weight excluding hydrogens is 650 g/mol. The number of hydrogen-bond donors (Lipinski definition) is 1. The maximum atomic E-state index is 14.4. The van der Waals surface area contributed by atoms with E-state index in [1.807, 2.05) is 66.7 Å². The molecule has 1 aromatic heterocycles. The molecule has 0 fully saturated rings. The van der Waals surface area contributed by atoms with Crippen LogP contribution in [0.3, 0.4) is 0 Å². The minimum Gasteiger partial charge on any atom is -0.493 e. The normalized spacial score (nSPS) is 14.2. The molecule has 0 radical (unpaired) electrons. The summed E-state index contributed by atoms with van der Waals surface area (Å²) >= 11 is 7.39. The smallest absolute Gasteiger partial charge is 0.271 e. The summed E-state index contributed by atoms with van der Waals surface area (Å²) in [6.45, 7) is 2.06. The van der Waals surface area contributed by atoms with Crippen molar-refractivity contribution < 1.29 is 23.7 Å². The lowest BCUT2D eigenvalue weighted by Gasteiger charge is -2.26. The molecule has 0 spiro atoms. The van der Waals surface area contributed by atoms with Crippen LogP contribution >= 0.6 is 22.9 Å². The van der Waals surface area contributed by atoms with Gasteiger partial charge in [-0.25, -0.2) is 4.99 Å². The minimum atomic E-state index is -0.866. The summed E-state index contributed by atoms with van der Waals surface area (Å²) in [6.07, 6.45) is 1.78. The molecule has 11 heteroatoms. The number of ether oxygens (including phenoxy) is 4. The highest BCUT2D eigenvalue weighted by atomic mass is 35.5. The third kappa shape index (κ3) is 6.58. The third-order valence-electron chi connectivity index (χ3n) is 7.79. The SMILES string of the molecule is COc1cc([C@H]2C(C(=O)Nc3ccccc3)=C(C)N=c3s/c(=C\c4ccccc4OCc4cccc(Cl)c4)c(=O)n32)cc(OC)c1OC. The van der Waals surface area contributed by atoms with Crippen LogP contribution in [-0.4, -0.2) is 31.8 Å². The van der Waals surface area contributed by atoms with E-state index in [9.17, 15) is 9.59 Å². The van der Waals surface area contributed by atoms with Gasteiger partial charge in [-0.2, -0.15) is 0 Å². The van der Waals surface area contributed by atoms with Gasteiger partial charge in [-0.15, -0.1) is 0 Å². The summed E-state index contributed by atoms with van der Waals surface area (Å²) in [6, 6.07) is 26.7. The average molecular weight is 682 g/mol. The highest BCUT2D eigenvalue weighted by molar-refractivity contribution is 7.07. The summed E-state index contributed by atoms with van der Waals surface area (Å²) in [5.74, 6) is 1.37. The van der Waals surface area contributed by atoms with E-state index in [0.717, 1.165) is 5.56 Å². The van der Waals surface area contributed by atoms with Crippen molar-refractivity contribution in [3.8, 4) is 23.0 Å². The molecule has 244 valence electrons. The quantitative estimate of drug-likeness (QED) is 0.190. The van der Waals surface area contributed by atoms with Gasteiger partial charge in [0.1, 0.15) is 12.4 Å². The molecule has 48 heavy (non-hydrogen) atoms. The van der Waals surface area contributed by atoms with Gasteiger partial charge in [0.05, 0.1) is 43.2 Å². The molecule has 1 amide bonds. The van der Waals surface area contributed by atoms with E-state index in [1.54, 1.807) is 41.8 Å². The number of para-hydroxylation sites is 2. The van der Waals surface area contributed by atoms with Crippen LogP contribution in [0.5, 0.6) is 23.0 Å². The number of thiazole rings is 1. The van der Waals surface area contributed by atoms with Crippen LogP contribution < -0.4 is 39.2 Å². The minimum absolute atomic E-state index is 0.298. The molecule has 0 saturated carbocycles. The summed E-state index contributed by atoms with van der Waals surface area (Å²) in [5.41, 5.74) is 3.27. The maximum absolute atomic E-state index is 14.4. The molecule has 1 aliphatic rings. The first-order valence-corrected chi connectivity index (χ1v) is 16.2. The van der Waals surface area contributed by atoms with Gasteiger partial charge in [-0.3, -0.25) is 14.2 Å². The van der Waals surface area contributed by atoms with Gasteiger partial charge >= 0.3 is 0 Å². The lowest BCUT2D eigenvalue weighted by Crippen LogP contribution is -2.40. The molecule has 1 N–H and O–H groups in total. The fourth-order valence-corrected chi connectivity index (χ4v) is 6.82. The van der Waals surface area contributed by atoms with Gasteiger partial charge in [0, 0.05) is 16.3 Å². The molecular formula is C37H32ClN3O6S. The van der Waals surface area contributed by atoms with Crippen molar-refractivity contribution in [1.29, 1.82) is 0 Å². The Kier molecular flexibility index (Phi) is 9.65. The van der Waals surface area contributed by atoms with Crippen LogP contribution in [0.2, 0.25) is 5.02 Å². The fraction of sp³-hybridized carbons (Fsp3) is 0.162. The van der Waals surface area contributed by atoms with Gasteiger partial charge in [0.2, 0.25) is 5.75 Å². The van der Waals surface area contributed by atoms with Crippen LogP contribution in [0.1, 0.15) is 29.7 Å². The second-order valence-corrected chi connectivity index (χ2v) is 12.3. The number of methoxy groups -OCH3 is 3. The molecule has 0 unspecified atom stereocenters. The molecule has 1 aliphatic heterocycles. The lowest BCUT2D eigenvalue weighted by molar-refractivity contribution is -0.113. The van der Waals surface area contributed by atoms with Gasteiger partial charge in [-0.05, 0) is 66.6 Å². The molecule has 0 aliphatic carbocycles. The van der Waals surface area contributed by atoms with Crippen LogP contribution in [0.4, 0.5) is 5.69 Å². The van der Waals surface area contributed by atoms with Crippen molar-refractivity contribution in [2.45, 2.75) is 19.6 Å². The van der Waals surface area contributed by atoms with Crippen molar-refractivity contribution in [2.75, 3.05) is 26.6 Å². The highest BCUT2D eigenvalue weighted by Crippen LogP contribution is 2.42. The molecule has 9 nitrogen and oxygen atoms in total. The number of nitrogens with zero attached hydrogens (tertiary/aromatic N) is 2. The standard InChI is InChI=1S/C37H32ClN3O6S/c1-22-32(35(42)40-27-14-6-5-7-15-27)33(25-18-29(44-2)34(46-4)30(19-25)45-3)41-36(43)31(48-37(41)39-22)20-24-12-8-9-16-28(24)47-21-23-11-10-13-26(38)17-23/h5-20,33H,21H2,1-4H3,(H,40,42)/b31-20-/t33-/m0/s1. The molecule has 2 heterocycles. The number of benzene rings is 4. The number of aromatic nitrogens is 1. The predicted molar refractivity (Wildman–Crippen MR) is 187 cm³/mol. The molecule has 0 saturated heterocycles. The van der Waals surface area contributed by atoms with Gasteiger partial charge in [0.25, 0.3) is 11.5 Å². The Balaban J connectivity index is 1.48. The average Bonchev–Trinajstić information content (AvgIpc) is 3.40. The van der Waals surface area contributed by atoms with Crippen molar-refractivity contribution in [1.82, 2.24) is 4.57 Å². The Morgan fingerprint density at radius 1 is 0.917 bits per heavy atom. The van der Waals surface area contributed by atoms with Gasteiger partial charge < -0.3 is 24.3 Å². The zero-order valence-electron chi connectivity index (χ0n) is 26.7. The van der Waals surface area contributed by atoms with Crippen LogP contribution in [0, 0.1) is 0 Å². The zero-order chi connectivity index (χ0) is 33.8. The van der Waals surface area contributed by atoms with E-state index in [0.29, 0.717) is 72.0 Å². The van der Waals surface area contributed by atoms with E-state index < -0.39 is 11.9 Å². The number of halogens is 1. The first-order chi connectivity index (χ1) is 23.3. The number of carbonyl (C=O) groups is 1. The van der Waals surface area contributed by atoms with Crippen LogP contribution in [0.25, 0.3) is 6.08 Å². The molecule has 1 atom stereocenters. The summed E-state index contributed by atoms with van der Waals surface area (Å²) < 4.78 is 25.0. The van der Waals surface area contributed by atoms with Crippen molar-refractivity contribution in [3.05, 3.63) is 144 Å². The van der Waals surface area contributed by atoms with E-state index in [1.165, 1.54) is 32.7 Å². The van der Waals surface area contributed by atoms with Crippen LogP contribution in [0.15, 0.2) is 112 Å². The molecule has 5 aromatic rings. The van der Waals surface area contributed by atoms with Gasteiger partial charge in [0.15, 0.2) is 16.3 Å². The van der Waals surface area contributed by atoms with Crippen molar-refractivity contribution >= 4 is 40.6 Å². The fourth-order valence-electron chi connectivity index (χ4n) is 5.57. The second-order valence-electron chi connectivity index (χ2n) is 10.8. The summed E-state index contributed by atoms with van der Waals surface area (Å²) in [4.78, 5) is 33.6. The number of allylic oxidation sites excluding steroid dienone is 1. The first kappa shape index (κ1) is 32.6. The number of nitrogens with one attached hydrogen (secondary N) is 1. The number of carbonyl (C=O) groups excluding carboxylic acids is 1. The Labute approximate surface area is 286 Å². The van der Waals surface area contributed by atoms with Crippen molar-refractivity contribution in [3.63, 3.8) is 0 Å². The highest BCUT2D eigenvalue weighted by Gasteiger charge is 2.34. The first-order valence-electron chi connectivity index (χ1n) is 15.0. The zero-order valence-corrected chi connectivity index (χ0v) is 28.2. The van der Waals surface area contributed by atoms with Crippen LogP contribution in [-0.2, 0) is 11.4 Å². The Hall–Kier alpha value is -5.32. The molecule has 4 aromatic carbocycles. The predicted octanol–water partition coefficient (Wildman–Crippen LogP) is 6.13. The molecule has 0 bridgehead atoms. The third-order valence-corrected chi connectivity index (χ3v) is 9.01. The number of hydrogen-bond acceptors (Lipinski definition) is 8. The monoisotopic (exact) mass is 681 g/mol. The number of amides is 1. The number of rotatable bonds is 10. The topological polar surface area (TPSA) is 100 Å². The number of anilines is 1. The van der Waals surface area contributed by atoms with Gasteiger partial charge in [-0.1, -0.05) is 71.5 Å². The van der Waals surface area contributed by atoms with E-state index >= 15 is 0 Å². The van der Waals surface area contributed by atoms with E-state index in [-0.39, 0.29) is 5.56 Å². The Bertz CT molecular complexity index is 2190. The second kappa shape index (κ2) is 14.2.